The van der Waals surface area contributed by atoms with Gasteiger partial charge in [0, 0.05) is 10.6 Å². The number of benzene rings is 1. The summed E-state index contributed by atoms with van der Waals surface area (Å²) in [7, 11) is 0. The SMILES string of the molecule is CCCCc1cc([C@H](Nc2c(Nc3c(F)cc(Cl)c4c3C(=O)NC4(C)C)c(=O)c2=O)C(C)(C)C)oc1C. The van der Waals surface area contributed by atoms with Gasteiger partial charge in [0.25, 0.3) is 16.8 Å². The molecule has 0 spiro atoms. The molecule has 4 rings (SSSR count). The Morgan fingerprint density at radius 3 is 2.38 bits per heavy atom. The number of unbranched alkanes of at least 4 members (excludes halogenated alkanes) is 1. The number of amides is 1. The minimum atomic E-state index is -0.827. The zero-order chi connectivity index (χ0) is 27.4. The van der Waals surface area contributed by atoms with Crippen molar-refractivity contribution in [3.8, 4) is 0 Å². The Hall–Kier alpha value is -3.13. The molecule has 0 bridgehead atoms. The molecule has 1 aliphatic heterocycles. The summed E-state index contributed by atoms with van der Waals surface area (Å²) in [5, 5.41) is 8.81. The lowest BCUT2D eigenvalue weighted by Crippen LogP contribution is -2.39. The topological polar surface area (TPSA) is 100 Å². The van der Waals surface area contributed by atoms with Gasteiger partial charge in [-0.3, -0.25) is 14.4 Å². The summed E-state index contributed by atoms with van der Waals surface area (Å²) >= 11 is 6.28. The minimum Gasteiger partial charge on any atom is -0.464 e. The molecule has 1 atom stereocenters. The molecule has 37 heavy (non-hydrogen) atoms. The molecule has 1 aromatic heterocycles. The van der Waals surface area contributed by atoms with E-state index >= 15 is 4.39 Å². The predicted molar refractivity (Wildman–Crippen MR) is 144 cm³/mol. The molecule has 0 saturated heterocycles. The molecular weight excluding hydrogens is 497 g/mol. The lowest BCUT2D eigenvalue weighted by molar-refractivity contribution is 0.0940. The van der Waals surface area contributed by atoms with Crippen LogP contribution in [0.4, 0.5) is 21.5 Å². The second kappa shape index (κ2) is 9.31. The number of fused-ring (bicyclic) bond motifs is 1. The third kappa shape index (κ3) is 4.67. The van der Waals surface area contributed by atoms with Gasteiger partial charge in [-0.1, -0.05) is 45.7 Å². The van der Waals surface area contributed by atoms with Gasteiger partial charge in [0.15, 0.2) is 0 Å². The van der Waals surface area contributed by atoms with Gasteiger partial charge in [0.2, 0.25) is 0 Å². The number of anilines is 3. The molecule has 0 aliphatic carbocycles. The highest BCUT2D eigenvalue weighted by Crippen LogP contribution is 2.43. The van der Waals surface area contributed by atoms with Crippen LogP contribution in [0.15, 0.2) is 26.1 Å². The molecule has 1 amide bonds. The number of carbonyl (C=O) groups excluding carboxylic acids is 1. The van der Waals surface area contributed by atoms with Gasteiger partial charge in [-0.05, 0) is 56.7 Å². The van der Waals surface area contributed by atoms with E-state index in [-0.39, 0.29) is 27.6 Å². The van der Waals surface area contributed by atoms with Gasteiger partial charge >= 0.3 is 0 Å². The molecule has 1 aliphatic rings. The van der Waals surface area contributed by atoms with E-state index in [0.717, 1.165) is 36.7 Å². The second-order valence-electron chi connectivity index (χ2n) is 11.4. The van der Waals surface area contributed by atoms with Crippen molar-refractivity contribution in [2.45, 2.75) is 79.3 Å². The van der Waals surface area contributed by atoms with E-state index in [2.05, 4.69) is 22.9 Å². The molecule has 0 radical (unpaired) electrons. The summed E-state index contributed by atoms with van der Waals surface area (Å²) in [5.74, 6) is 0.144. The molecule has 0 fully saturated rings. The number of hydrogen-bond donors (Lipinski definition) is 3. The number of furan rings is 1. The first kappa shape index (κ1) is 26.9. The molecule has 2 heterocycles. The summed E-state index contributed by atoms with van der Waals surface area (Å²) in [5.41, 5.74) is -1.48. The van der Waals surface area contributed by atoms with Crippen molar-refractivity contribution in [2.75, 3.05) is 10.6 Å². The molecule has 198 valence electrons. The monoisotopic (exact) mass is 529 g/mol. The fourth-order valence-corrected chi connectivity index (χ4v) is 5.35. The Labute approximate surface area is 220 Å². The smallest absolute Gasteiger partial charge is 0.254 e. The largest absolute Gasteiger partial charge is 0.464 e. The van der Waals surface area contributed by atoms with Gasteiger partial charge in [-0.2, -0.15) is 0 Å². The van der Waals surface area contributed by atoms with Gasteiger partial charge in [0.05, 0.1) is 22.8 Å². The highest BCUT2D eigenvalue weighted by molar-refractivity contribution is 6.32. The van der Waals surface area contributed by atoms with Crippen LogP contribution in [-0.4, -0.2) is 5.91 Å². The van der Waals surface area contributed by atoms with Gasteiger partial charge in [-0.25, -0.2) is 4.39 Å². The Kier molecular flexibility index (Phi) is 6.78. The fourth-order valence-electron chi connectivity index (χ4n) is 4.92. The van der Waals surface area contributed by atoms with Crippen molar-refractivity contribution < 1.29 is 13.6 Å². The second-order valence-corrected chi connectivity index (χ2v) is 11.8. The predicted octanol–water partition coefficient (Wildman–Crippen LogP) is 6.24. The quantitative estimate of drug-likeness (QED) is 0.299. The summed E-state index contributed by atoms with van der Waals surface area (Å²) in [6.07, 6.45) is 2.97. The molecule has 2 aromatic carbocycles. The first-order chi connectivity index (χ1) is 17.2. The maximum absolute atomic E-state index is 15.1. The highest BCUT2D eigenvalue weighted by atomic mass is 35.5. The zero-order valence-corrected chi connectivity index (χ0v) is 23.0. The van der Waals surface area contributed by atoms with Crippen molar-refractivity contribution in [3.05, 3.63) is 71.6 Å². The van der Waals surface area contributed by atoms with Crippen LogP contribution in [0.25, 0.3) is 0 Å². The molecule has 3 N–H and O–H groups in total. The highest BCUT2D eigenvalue weighted by Gasteiger charge is 2.41. The maximum Gasteiger partial charge on any atom is 0.254 e. The van der Waals surface area contributed by atoms with Crippen LogP contribution >= 0.6 is 11.6 Å². The van der Waals surface area contributed by atoms with E-state index in [1.165, 1.54) is 0 Å². The maximum atomic E-state index is 15.1. The van der Waals surface area contributed by atoms with Crippen LogP contribution in [0, 0.1) is 18.2 Å². The standard InChI is InChI=1S/C28H33ClFN3O4/c1-8-9-10-14-11-17(37-13(14)2)25(27(3,4)5)32-22-21(23(34)24(22)35)31-20-16(30)12-15(29)19-18(20)26(36)33-28(19,6)7/h11-12,25,31-32H,8-10H2,1-7H3,(H,33,36)/t25-/m0/s1. The van der Waals surface area contributed by atoms with Crippen LogP contribution in [0.3, 0.4) is 0 Å². The summed E-state index contributed by atoms with van der Waals surface area (Å²) in [4.78, 5) is 38.1. The number of hydrogen-bond acceptors (Lipinski definition) is 6. The molecule has 9 heteroatoms. The normalized spacial score (nSPS) is 15.5. The van der Waals surface area contributed by atoms with Crippen molar-refractivity contribution in [3.63, 3.8) is 0 Å². The van der Waals surface area contributed by atoms with E-state index in [0.29, 0.717) is 11.3 Å². The Balaban J connectivity index is 1.74. The Bertz CT molecular complexity index is 1460. The molecule has 3 aromatic rings. The third-order valence-electron chi connectivity index (χ3n) is 6.95. The number of carbonyl (C=O) groups is 1. The van der Waals surface area contributed by atoms with Crippen molar-refractivity contribution in [2.24, 2.45) is 5.41 Å². The fraction of sp³-hybridized carbons (Fsp3) is 0.464. The average Bonchev–Trinajstić information content (AvgIpc) is 3.27. The van der Waals surface area contributed by atoms with Crippen molar-refractivity contribution >= 4 is 34.6 Å². The molecular formula is C28H33ClFN3O4. The van der Waals surface area contributed by atoms with E-state index in [4.69, 9.17) is 16.0 Å². The number of halogens is 2. The van der Waals surface area contributed by atoms with Crippen molar-refractivity contribution in [1.82, 2.24) is 5.32 Å². The first-order valence-corrected chi connectivity index (χ1v) is 12.9. The molecule has 0 saturated carbocycles. The summed E-state index contributed by atoms with van der Waals surface area (Å²) < 4.78 is 21.2. The zero-order valence-electron chi connectivity index (χ0n) is 22.2. The average molecular weight is 530 g/mol. The number of rotatable bonds is 8. The Morgan fingerprint density at radius 2 is 1.76 bits per heavy atom. The van der Waals surface area contributed by atoms with Crippen LogP contribution < -0.4 is 26.8 Å². The van der Waals surface area contributed by atoms with E-state index in [1.54, 1.807) is 13.8 Å². The lowest BCUT2D eigenvalue weighted by Gasteiger charge is -2.31. The van der Waals surface area contributed by atoms with Crippen LogP contribution in [0.1, 0.15) is 93.4 Å². The lowest BCUT2D eigenvalue weighted by atomic mass is 9.84. The molecule has 7 nitrogen and oxygen atoms in total. The van der Waals surface area contributed by atoms with E-state index in [1.807, 2.05) is 33.8 Å². The van der Waals surface area contributed by atoms with Gasteiger partial charge in [-0.15, -0.1) is 0 Å². The van der Waals surface area contributed by atoms with Crippen LogP contribution in [0.2, 0.25) is 5.02 Å². The van der Waals surface area contributed by atoms with Crippen molar-refractivity contribution in [1.29, 1.82) is 0 Å². The van der Waals surface area contributed by atoms with Crippen LogP contribution in [-0.2, 0) is 12.0 Å². The van der Waals surface area contributed by atoms with E-state index in [9.17, 15) is 14.4 Å². The first-order valence-electron chi connectivity index (χ1n) is 12.5. The number of aryl methyl sites for hydroxylation is 2. The van der Waals surface area contributed by atoms with Crippen LogP contribution in [0.5, 0.6) is 0 Å². The van der Waals surface area contributed by atoms with Gasteiger partial charge in [0.1, 0.15) is 28.7 Å². The number of nitrogens with one attached hydrogen (secondary N) is 3. The third-order valence-corrected chi connectivity index (χ3v) is 7.25. The van der Waals surface area contributed by atoms with Gasteiger partial charge < -0.3 is 20.4 Å². The minimum absolute atomic E-state index is 0.0172. The molecule has 0 unspecified atom stereocenters. The van der Waals surface area contributed by atoms with E-state index < -0.39 is 39.6 Å². The summed E-state index contributed by atoms with van der Waals surface area (Å²) in [6, 6.07) is 2.64. The summed E-state index contributed by atoms with van der Waals surface area (Å²) in [6.45, 7) is 13.5. The Morgan fingerprint density at radius 1 is 1.11 bits per heavy atom.